The van der Waals surface area contributed by atoms with Crippen LogP contribution in [0.25, 0.3) is 0 Å². The second kappa shape index (κ2) is 5.83. The summed E-state index contributed by atoms with van der Waals surface area (Å²) in [7, 11) is -3.43. The first-order valence-electron chi connectivity index (χ1n) is 5.87. The molecule has 4 nitrogen and oxygen atoms in total. The van der Waals surface area contributed by atoms with Gasteiger partial charge in [0.1, 0.15) is 6.10 Å². The molecule has 0 aliphatic carbocycles. The van der Waals surface area contributed by atoms with Crippen LogP contribution in [0.4, 0.5) is 5.69 Å². The Labute approximate surface area is 123 Å². The Bertz CT molecular complexity index is 702. The van der Waals surface area contributed by atoms with E-state index in [0.29, 0.717) is 21.8 Å². The van der Waals surface area contributed by atoms with Gasteiger partial charge in [0.15, 0.2) is 0 Å². The number of benzene rings is 2. The molecule has 0 amide bonds. The van der Waals surface area contributed by atoms with Crippen molar-refractivity contribution in [2.45, 2.75) is 6.10 Å². The van der Waals surface area contributed by atoms with Gasteiger partial charge in [0.25, 0.3) is 0 Å². The number of hydrogen-bond donors (Lipinski definition) is 2. The molecule has 0 bridgehead atoms. The van der Waals surface area contributed by atoms with Gasteiger partial charge in [0, 0.05) is 10.6 Å². The van der Waals surface area contributed by atoms with Gasteiger partial charge in [-0.15, -0.1) is 0 Å². The molecule has 2 aromatic carbocycles. The lowest BCUT2D eigenvalue weighted by Crippen LogP contribution is -2.13. The van der Waals surface area contributed by atoms with Crippen molar-refractivity contribution in [3.05, 3.63) is 64.7 Å². The van der Waals surface area contributed by atoms with Gasteiger partial charge in [-0.3, -0.25) is 4.72 Å². The SMILES string of the molecule is CS(=O)(=O)Nc1ccc(Cl)cc1C(O)c1ccccc1. The Morgan fingerprint density at radius 2 is 1.80 bits per heavy atom. The summed E-state index contributed by atoms with van der Waals surface area (Å²) in [6.07, 6.45) is 0.0967. The van der Waals surface area contributed by atoms with E-state index in [1.807, 2.05) is 6.07 Å². The molecule has 0 saturated heterocycles. The molecule has 0 fully saturated rings. The minimum atomic E-state index is -3.43. The predicted molar refractivity (Wildman–Crippen MR) is 80.4 cm³/mol. The third-order valence-corrected chi connectivity index (χ3v) is 3.54. The van der Waals surface area contributed by atoms with Gasteiger partial charge in [-0.2, -0.15) is 0 Å². The Morgan fingerprint density at radius 1 is 1.15 bits per heavy atom. The highest BCUT2D eigenvalue weighted by Gasteiger charge is 2.17. The molecule has 2 N–H and O–H groups in total. The van der Waals surface area contributed by atoms with Crippen molar-refractivity contribution < 1.29 is 13.5 Å². The first-order valence-corrected chi connectivity index (χ1v) is 8.14. The van der Waals surface area contributed by atoms with Gasteiger partial charge in [0.05, 0.1) is 11.9 Å². The second-order valence-electron chi connectivity index (χ2n) is 4.42. The zero-order valence-electron chi connectivity index (χ0n) is 10.7. The molecule has 106 valence electrons. The number of aliphatic hydroxyl groups excluding tert-OH is 1. The fourth-order valence-corrected chi connectivity index (χ4v) is 2.63. The molecule has 2 rings (SSSR count). The van der Waals surface area contributed by atoms with Crippen molar-refractivity contribution >= 4 is 27.3 Å². The highest BCUT2D eigenvalue weighted by molar-refractivity contribution is 7.92. The molecule has 1 atom stereocenters. The molecule has 0 aromatic heterocycles. The number of hydrogen-bond acceptors (Lipinski definition) is 3. The van der Waals surface area contributed by atoms with Crippen molar-refractivity contribution in [3.63, 3.8) is 0 Å². The van der Waals surface area contributed by atoms with Gasteiger partial charge in [0.2, 0.25) is 10.0 Å². The van der Waals surface area contributed by atoms with Crippen molar-refractivity contribution in [2.75, 3.05) is 11.0 Å². The second-order valence-corrected chi connectivity index (χ2v) is 6.60. The summed E-state index contributed by atoms with van der Waals surface area (Å²) in [6, 6.07) is 13.6. The topological polar surface area (TPSA) is 66.4 Å². The van der Waals surface area contributed by atoms with E-state index in [1.165, 1.54) is 6.07 Å². The van der Waals surface area contributed by atoms with Crippen molar-refractivity contribution in [1.82, 2.24) is 0 Å². The van der Waals surface area contributed by atoms with Crippen LogP contribution < -0.4 is 4.72 Å². The molecular formula is C14H14ClNO3S. The summed E-state index contributed by atoms with van der Waals surface area (Å²) in [4.78, 5) is 0. The van der Waals surface area contributed by atoms with Crippen LogP contribution >= 0.6 is 11.6 Å². The Morgan fingerprint density at radius 3 is 2.40 bits per heavy atom. The molecule has 0 aliphatic rings. The summed E-state index contributed by atoms with van der Waals surface area (Å²) in [5, 5.41) is 10.8. The summed E-state index contributed by atoms with van der Waals surface area (Å²) in [5.41, 5.74) is 1.38. The maximum absolute atomic E-state index is 11.4. The van der Waals surface area contributed by atoms with Crippen LogP contribution in [0.5, 0.6) is 0 Å². The Hall–Kier alpha value is -1.56. The smallest absolute Gasteiger partial charge is 0.229 e. The molecule has 0 heterocycles. The fraction of sp³-hybridized carbons (Fsp3) is 0.143. The number of sulfonamides is 1. The van der Waals surface area contributed by atoms with Crippen molar-refractivity contribution in [2.24, 2.45) is 0 Å². The Balaban J connectivity index is 2.47. The lowest BCUT2D eigenvalue weighted by molar-refractivity contribution is 0.221. The van der Waals surface area contributed by atoms with E-state index in [9.17, 15) is 13.5 Å². The maximum atomic E-state index is 11.4. The van der Waals surface area contributed by atoms with E-state index < -0.39 is 16.1 Å². The average molecular weight is 312 g/mol. The van der Waals surface area contributed by atoms with Crippen LogP contribution in [-0.2, 0) is 10.0 Å². The fourth-order valence-electron chi connectivity index (χ4n) is 1.87. The molecular weight excluding hydrogens is 298 g/mol. The minimum absolute atomic E-state index is 0.313. The van der Waals surface area contributed by atoms with Gasteiger partial charge in [-0.1, -0.05) is 41.9 Å². The molecule has 20 heavy (non-hydrogen) atoms. The van der Waals surface area contributed by atoms with E-state index in [4.69, 9.17) is 11.6 Å². The monoisotopic (exact) mass is 311 g/mol. The number of halogens is 1. The molecule has 6 heteroatoms. The standard InChI is InChI=1S/C14H14ClNO3S/c1-20(18,19)16-13-8-7-11(15)9-12(13)14(17)10-5-3-2-4-6-10/h2-9,14,16-17H,1H3. The zero-order chi connectivity index (χ0) is 14.8. The first-order chi connectivity index (χ1) is 9.37. The Kier molecular flexibility index (Phi) is 4.32. The molecule has 2 aromatic rings. The number of aliphatic hydroxyl groups is 1. The minimum Gasteiger partial charge on any atom is -0.384 e. The van der Waals surface area contributed by atoms with Crippen LogP contribution in [0, 0.1) is 0 Å². The summed E-state index contributed by atoms with van der Waals surface area (Å²) in [5.74, 6) is 0. The van der Waals surface area contributed by atoms with Gasteiger partial charge >= 0.3 is 0 Å². The van der Waals surface area contributed by atoms with Crippen LogP contribution in [0.1, 0.15) is 17.2 Å². The first kappa shape index (κ1) is 14.8. The van der Waals surface area contributed by atoms with Crippen LogP contribution in [0.2, 0.25) is 5.02 Å². The van der Waals surface area contributed by atoms with Crippen LogP contribution in [-0.4, -0.2) is 19.8 Å². The van der Waals surface area contributed by atoms with Crippen molar-refractivity contribution in [1.29, 1.82) is 0 Å². The normalized spacial score (nSPS) is 12.9. The molecule has 0 spiro atoms. The lowest BCUT2D eigenvalue weighted by atomic mass is 10.0. The predicted octanol–water partition coefficient (Wildman–Crippen LogP) is 2.79. The van der Waals surface area contributed by atoms with E-state index in [1.54, 1.807) is 36.4 Å². The average Bonchev–Trinajstić information content (AvgIpc) is 2.39. The lowest BCUT2D eigenvalue weighted by Gasteiger charge is -2.17. The van der Waals surface area contributed by atoms with E-state index in [2.05, 4.69) is 4.72 Å². The highest BCUT2D eigenvalue weighted by atomic mass is 35.5. The van der Waals surface area contributed by atoms with E-state index >= 15 is 0 Å². The maximum Gasteiger partial charge on any atom is 0.229 e. The quantitative estimate of drug-likeness (QED) is 0.912. The largest absolute Gasteiger partial charge is 0.384 e. The zero-order valence-corrected chi connectivity index (χ0v) is 12.3. The summed E-state index contributed by atoms with van der Waals surface area (Å²) >= 11 is 5.93. The number of rotatable bonds is 4. The highest BCUT2D eigenvalue weighted by Crippen LogP contribution is 2.31. The van der Waals surface area contributed by atoms with E-state index in [0.717, 1.165) is 6.26 Å². The summed E-state index contributed by atoms with van der Waals surface area (Å²) in [6.45, 7) is 0. The van der Waals surface area contributed by atoms with Crippen LogP contribution in [0.3, 0.4) is 0 Å². The number of nitrogens with one attached hydrogen (secondary N) is 1. The van der Waals surface area contributed by atoms with Crippen LogP contribution in [0.15, 0.2) is 48.5 Å². The van der Waals surface area contributed by atoms with Gasteiger partial charge < -0.3 is 5.11 Å². The third kappa shape index (κ3) is 3.72. The molecule has 1 unspecified atom stereocenters. The molecule has 0 aliphatic heterocycles. The third-order valence-electron chi connectivity index (χ3n) is 2.72. The van der Waals surface area contributed by atoms with Gasteiger partial charge in [-0.05, 0) is 23.8 Å². The molecule has 0 saturated carbocycles. The van der Waals surface area contributed by atoms with E-state index in [-0.39, 0.29) is 0 Å². The van der Waals surface area contributed by atoms with Gasteiger partial charge in [-0.25, -0.2) is 8.42 Å². The number of anilines is 1. The van der Waals surface area contributed by atoms with Crippen molar-refractivity contribution in [3.8, 4) is 0 Å². The molecule has 0 radical (unpaired) electrons. The summed E-state index contributed by atoms with van der Waals surface area (Å²) < 4.78 is 25.1.